The molecule has 1 aliphatic heterocycles. The standard InChI is InChI=1S/C22H34N2O2S/c1-17-6-9-21(18(2)12-17)27(25,26)23-13-20-15-24(14-19-7-8-19)16-22(20)10-4-3-5-11-22/h6,9,12,19-20,23H,3-5,7-8,10-11,13-16H2,1-2H3. The van der Waals surface area contributed by atoms with Crippen molar-refractivity contribution in [3.8, 4) is 0 Å². The fourth-order valence-electron chi connectivity index (χ4n) is 5.44. The topological polar surface area (TPSA) is 49.4 Å². The largest absolute Gasteiger partial charge is 0.302 e. The fraction of sp³-hybridized carbons (Fsp3) is 0.727. The zero-order valence-electron chi connectivity index (χ0n) is 16.8. The maximum atomic E-state index is 12.9. The number of aryl methyl sites for hydroxylation is 2. The van der Waals surface area contributed by atoms with Gasteiger partial charge in [0.25, 0.3) is 0 Å². The summed E-state index contributed by atoms with van der Waals surface area (Å²) in [5.41, 5.74) is 2.26. The molecule has 3 aliphatic rings. The molecular formula is C22H34N2O2S. The predicted molar refractivity (Wildman–Crippen MR) is 109 cm³/mol. The van der Waals surface area contributed by atoms with Gasteiger partial charge in [-0.15, -0.1) is 0 Å². The van der Waals surface area contributed by atoms with Crippen LogP contribution in [-0.4, -0.2) is 39.5 Å². The average molecular weight is 391 g/mol. The third kappa shape index (κ3) is 4.25. The van der Waals surface area contributed by atoms with Crippen LogP contribution in [0.4, 0.5) is 0 Å². The van der Waals surface area contributed by atoms with Crippen molar-refractivity contribution in [1.82, 2.24) is 9.62 Å². The Morgan fingerprint density at radius 2 is 1.89 bits per heavy atom. The Labute approximate surface area is 164 Å². The summed E-state index contributed by atoms with van der Waals surface area (Å²) in [5.74, 6) is 1.34. The molecule has 150 valence electrons. The van der Waals surface area contributed by atoms with E-state index in [1.54, 1.807) is 6.07 Å². The molecule has 0 amide bonds. The fourth-order valence-corrected chi connectivity index (χ4v) is 6.75. The Kier molecular flexibility index (Phi) is 5.38. The van der Waals surface area contributed by atoms with Crippen LogP contribution in [0.1, 0.15) is 56.1 Å². The average Bonchev–Trinajstić information content (AvgIpc) is 3.36. The highest BCUT2D eigenvalue weighted by molar-refractivity contribution is 7.89. The van der Waals surface area contributed by atoms with Crippen LogP contribution in [0.5, 0.6) is 0 Å². The van der Waals surface area contributed by atoms with Gasteiger partial charge in [0.05, 0.1) is 4.90 Å². The van der Waals surface area contributed by atoms with Gasteiger partial charge in [0.15, 0.2) is 0 Å². The Bertz CT molecular complexity index is 780. The smallest absolute Gasteiger partial charge is 0.240 e. The maximum absolute atomic E-state index is 12.9. The lowest BCUT2D eigenvalue weighted by Crippen LogP contribution is -2.40. The predicted octanol–water partition coefficient (Wildman–Crippen LogP) is 3.87. The summed E-state index contributed by atoms with van der Waals surface area (Å²) in [6.07, 6.45) is 9.25. The summed E-state index contributed by atoms with van der Waals surface area (Å²) in [7, 11) is -3.45. The number of nitrogens with one attached hydrogen (secondary N) is 1. The van der Waals surface area contributed by atoms with Gasteiger partial charge < -0.3 is 4.90 Å². The molecule has 0 aromatic heterocycles. The molecule has 3 fully saturated rings. The summed E-state index contributed by atoms with van der Waals surface area (Å²) < 4.78 is 28.9. The normalized spacial score (nSPS) is 25.9. The van der Waals surface area contributed by atoms with Gasteiger partial charge >= 0.3 is 0 Å². The molecule has 1 aromatic carbocycles. The van der Waals surface area contributed by atoms with E-state index in [1.165, 1.54) is 58.0 Å². The van der Waals surface area contributed by atoms with Gasteiger partial charge in [-0.05, 0) is 68.4 Å². The third-order valence-electron chi connectivity index (χ3n) is 7.09. The summed E-state index contributed by atoms with van der Waals surface area (Å²) in [6, 6.07) is 5.58. The van der Waals surface area contributed by atoms with E-state index >= 15 is 0 Å². The minimum atomic E-state index is -3.45. The van der Waals surface area contributed by atoms with Crippen molar-refractivity contribution in [3.63, 3.8) is 0 Å². The minimum absolute atomic E-state index is 0.331. The first-order chi connectivity index (χ1) is 12.9. The van der Waals surface area contributed by atoms with Crippen LogP contribution >= 0.6 is 0 Å². The molecule has 0 bridgehead atoms. The van der Waals surface area contributed by atoms with Crippen molar-refractivity contribution in [2.45, 2.75) is 63.7 Å². The summed E-state index contributed by atoms with van der Waals surface area (Å²) in [6.45, 7) is 7.93. The molecule has 1 heterocycles. The molecule has 4 nitrogen and oxygen atoms in total. The van der Waals surface area contributed by atoms with Crippen LogP contribution in [0.25, 0.3) is 0 Å². The molecule has 1 unspecified atom stereocenters. The molecule has 27 heavy (non-hydrogen) atoms. The molecule has 2 aliphatic carbocycles. The third-order valence-corrected chi connectivity index (χ3v) is 8.67. The first-order valence-corrected chi connectivity index (χ1v) is 12.2. The lowest BCUT2D eigenvalue weighted by molar-refractivity contribution is 0.140. The number of sulfonamides is 1. The molecule has 1 N–H and O–H groups in total. The molecule has 1 atom stereocenters. The summed E-state index contributed by atoms with van der Waals surface area (Å²) in [4.78, 5) is 3.07. The van der Waals surface area contributed by atoms with Crippen LogP contribution in [-0.2, 0) is 10.0 Å². The molecule has 4 rings (SSSR count). The van der Waals surface area contributed by atoms with Crippen molar-refractivity contribution in [2.75, 3.05) is 26.2 Å². The number of likely N-dealkylation sites (tertiary alicyclic amines) is 1. The van der Waals surface area contributed by atoms with Gasteiger partial charge in [-0.2, -0.15) is 0 Å². The van der Waals surface area contributed by atoms with Crippen LogP contribution in [0.2, 0.25) is 0 Å². The Hall–Kier alpha value is -0.910. The Morgan fingerprint density at radius 1 is 1.15 bits per heavy atom. The highest BCUT2D eigenvalue weighted by Crippen LogP contribution is 2.48. The maximum Gasteiger partial charge on any atom is 0.240 e. The second-order valence-corrected chi connectivity index (χ2v) is 11.1. The number of hydrogen-bond acceptors (Lipinski definition) is 3. The van der Waals surface area contributed by atoms with Crippen molar-refractivity contribution in [2.24, 2.45) is 17.3 Å². The summed E-state index contributed by atoms with van der Waals surface area (Å²) in [5, 5.41) is 0. The zero-order valence-corrected chi connectivity index (χ0v) is 17.7. The van der Waals surface area contributed by atoms with Crippen molar-refractivity contribution in [3.05, 3.63) is 29.3 Å². The second kappa shape index (κ2) is 7.49. The molecule has 1 saturated heterocycles. The number of nitrogens with zero attached hydrogens (tertiary/aromatic N) is 1. The summed E-state index contributed by atoms with van der Waals surface area (Å²) >= 11 is 0. The van der Waals surface area contributed by atoms with Crippen molar-refractivity contribution in [1.29, 1.82) is 0 Å². The van der Waals surface area contributed by atoms with Gasteiger partial charge in [0.2, 0.25) is 10.0 Å². The van der Waals surface area contributed by atoms with Crippen LogP contribution in [0.15, 0.2) is 23.1 Å². The number of benzene rings is 1. The minimum Gasteiger partial charge on any atom is -0.302 e. The van der Waals surface area contributed by atoms with Gasteiger partial charge in [0.1, 0.15) is 0 Å². The van der Waals surface area contributed by atoms with Crippen LogP contribution < -0.4 is 4.72 Å². The van der Waals surface area contributed by atoms with E-state index in [4.69, 9.17) is 0 Å². The first-order valence-electron chi connectivity index (χ1n) is 10.7. The SMILES string of the molecule is Cc1ccc(S(=O)(=O)NCC2CN(CC3CC3)CC23CCCCC3)c(C)c1. The lowest BCUT2D eigenvalue weighted by atomic mass is 9.68. The van der Waals surface area contributed by atoms with Crippen molar-refractivity contribution < 1.29 is 8.42 Å². The highest BCUT2D eigenvalue weighted by Gasteiger charge is 2.47. The number of rotatable bonds is 6. The monoisotopic (exact) mass is 390 g/mol. The van der Waals surface area contributed by atoms with E-state index in [9.17, 15) is 8.42 Å². The molecule has 5 heteroatoms. The van der Waals surface area contributed by atoms with Crippen molar-refractivity contribution >= 4 is 10.0 Å². The van der Waals surface area contributed by atoms with Crippen LogP contribution in [0, 0.1) is 31.1 Å². The zero-order chi connectivity index (χ0) is 19.1. The van der Waals surface area contributed by atoms with Gasteiger partial charge in [-0.1, -0.05) is 37.0 Å². The van der Waals surface area contributed by atoms with E-state index in [0.717, 1.165) is 23.6 Å². The molecular weight excluding hydrogens is 356 g/mol. The van der Waals surface area contributed by atoms with E-state index < -0.39 is 10.0 Å². The Balaban J connectivity index is 1.47. The first kappa shape index (κ1) is 19.4. The van der Waals surface area contributed by atoms with E-state index in [1.807, 2.05) is 26.0 Å². The quantitative estimate of drug-likeness (QED) is 0.802. The van der Waals surface area contributed by atoms with Crippen LogP contribution in [0.3, 0.4) is 0 Å². The van der Waals surface area contributed by atoms with E-state index in [2.05, 4.69) is 9.62 Å². The van der Waals surface area contributed by atoms with Gasteiger partial charge in [-0.3, -0.25) is 0 Å². The molecule has 1 spiro atoms. The van der Waals surface area contributed by atoms with Gasteiger partial charge in [0, 0.05) is 26.2 Å². The lowest BCUT2D eigenvalue weighted by Gasteiger charge is -2.38. The van der Waals surface area contributed by atoms with E-state index in [-0.39, 0.29) is 0 Å². The highest BCUT2D eigenvalue weighted by atomic mass is 32.2. The van der Waals surface area contributed by atoms with Gasteiger partial charge in [-0.25, -0.2) is 13.1 Å². The Morgan fingerprint density at radius 3 is 2.56 bits per heavy atom. The van der Waals surface area contributed by atoms with E-state index in [0.29, 0.717) is 22.8 Å². The molecule has 2 saturated carbocycles. The second-order valence-electron chi connectivity index (χ2n) is 9.38. The molecule has 1 aromatic rings. The number of hydrogen-bond donors (Lipinski definition) is 1. The molecule has 0 radical (unpaired) electrons.